The summed E-state index contributed by atoms with van der Waals surface area (Å²) in [6, 6.07) is 7.85. The molecule has 0 radical (unpaired) electrons. The van der Waals surface area contributed by atoms with Gasteiger partial charge < -0.3 is 5.32 Å². The van der Waals surface area contributed by atoms with Crippen LogP contribution in [0.3, 0.4) is 0 Å². The highest BCUT2D eigenvalue weighted by atomic mass is 35.5. The van der Waals surface area contributed by atoms with Crippen LogP contribution in [0.5, 0.6) is 0 Å². The first-order valence-corrected chi connectivity index (χ1v) is 10.2. The van der Waals surface area contributed by atoms with Crippen LogP contribution in [0.25, 0.3) is 0 Å². The Bertz CT molecular complexity index is 619. The molecule has 24 heavy (non-hydrogen) atoms. The molecule has 0 amide bonds. The summed E-state index contributed by atoms with van der Waals surface area (Å²) in [4.78, 5) is 0.422. The van der Waals surface area contributed by atoms with E-state index in [4.69, 9.17) is 0 Å². The molecule has 0 atom stereocenters. The van der Waals surface area contributed by atoms with Gasteiger partial charge in [-0.1, -0.05) is 26.0 Å². The van der Waals surface area contributed by atoms with Gasteiger partial charge in [0.2, 0.25) is 10.0 Å². The number of rotatable bonds is 6. The average molecular weight is 373 g/mol. The van der Waals surface area contributed by atoms with Crippen molar-refractivity contribution in [3.05, 3.63) is 29.8 Å². The van der Waals surface area contributed by atoms with E-state index in [-0.39, 0.29) is 12.4 Å². The molecule has 1 heterocycles. The van der Waals surface area contributed by atoms with Crippen molar-refractivity contribution in [2.24, 2.45) is 5.92 Å². The van der Waals surface area contributed by atoms with E-state index < -0.39 is 10.0 Å². The lowest BCUT2D eigenvalue weighted by molar-refractivity contribution is 0.288. The average Bonchev–Trinajstić information content (AvgIpc) is 3.38. The van der Waals surface area contributed by atoms with Crippen LogP contribution in [-0.2, 0) is 10.0 Å². The zero-order chi connectivity index (χ0) is 16.4. The van der Waals surface area contributed by atoms with Crippen LogP contribution in [0, 0.1) is 5.92 Å². The number of piperidine rings is 1. The second-order valence-corrected chi connectivity index (χ2v) is 9.19. The maximum atomic E-state index is 12.8. The minimum atomic E-state index is -3.34. The fourth-order valence-corrected chi connectivity index (χ4v) is 4.60. The fourth-order valence-electron chi connectivity index (χ4n) is 3.13. The SMILES string of the molecule is CC(C)c1ccc(S(=O)(=O)N2CCC(NCC3CC3)CC2)cc1.Cl. The topological polar surface area (TPSA) is 49.4 Å². The third-order valence-electron chi connectivity index (χ3n) is 5.03. The summed E-state index contributed by atoms with van der Waals surface area (Å²) >= 11 is 0. The Morgan fingerprint density at radius 3 is 2.17 bits per heavy atom. The van der Waals surface area contributed by atoms with Crippen molar-refractivity contribution in [3.63, 3.8) is 0 Å². The normalized spacial score (nSPS) is 20.1. The molecular weight excluding hydrogens is 344 g/mol. The van der Waals surface area contributed by atoms with Crippen molar-refractivity contribution >= 4 is 22.4 Å². The summed E-state index contributed by atoms with van der Waals surface area (Å²) in [5.74, 6) is 1.29. The molecule has 1 aliphatic carbocycles. The van der Waals surface area contributed by atoms with Crippen molar-refractivity contribution in [1.82, 2.24) is 9.62 Å². The number of nitrogens with one attached hydrogen (secondary N) is 1. The highest BCUT2D eigenvalue weighted by Crippen LogP contribution is 2.28. The molecule has 1 aromatic rings. The van der Waals surface area contributed by atoms with Gasteiger partial charge in [0.15, 0.2) is 0 Å². The van der Waals surface area contributed by atoms with Crippen molar-refractivity contribution < 1.29 is 8.42 Å². The van der Waals surface area contributed by atoms with E-state index in [1.165, 1.54) is 18.4 Å². The van der Waals surface area contributed by atoms with E-state index in [1.54, 1.807) is 16.4 Å². The second-order valence-electron chi connectivity index (χ2n) is 7.25. The van der Waals surface area contributed by atoms with Crippen molar-refractivity contribution in [3.8, 4) is 0 Å². The molecule has 1 N–H and O–H groups in total. The van der Waals surface area contributed by atoms with Crippen LogP contribution in [-0.4, -0.2) is 38.4 Å². The van der Waals surface area contributed by atoms with Crippen LogP contribution in [0.15, 0.2) is 29.2 Å². The Hall–Kier alpha value is -0.620. The number of sulfonamides is 1. The highest BCUT2D eigenvalue weighted by molar-refractivity contribution is 7.89. The quantitative estimate of drug-likeness (QED) is 0.832. The third-order valence-corrected chi connectivity index (χ3v) is 6.94. The zero-order valence-electron chi connectivity index (χ0n) is 14.6. The zero-order valence-corrected chi connectivity index (χ0v) is 16.2. The molecule has 1 saturated heterocycles. The molecule has 4 nitrogen and oxygen atoms in total. The van der Waals surface area contributed by atoms with E-state index in [2.05, 4.69) is 19.2 Å². The molecule has 3 rings (SSSR count). The third kappa shape index (κ3) is 4.72. The first-order valence-electron chi connectivity index (χ1n) is 8.80. The van der Waals surface area contributed by atoms with Crippen LogP contribution in [0.2, 0.25) is 0 Å². The number of halogens is 1. The molecule has 0 bridgehead atoms. The molecule has 1 saturated carbocycles. The van der Waals surface area contributed by atoms with Gasteiger partial charge in [0.05, 0.1) is 4.90 Å². The summed E-state index contributed by atoms with van der Waals surface area (Å²) in [7, 11) is -3.34. The van der Waals surface area contributed by atoms with Gasteiger partial charge in [-0.25, -0.2) is 8.42 Å². The van der Waals surface area contributed by atoms with Gasteiger partial charge in [0, 0.05) is 19.1 Å². The van der Waals surface area contributed by atoms with Crippen LogP contribution in [0.1, 0.15) is 51.0 Å². The predicted molar refractivity (Wildman–Crippen MR) is 100 cm³/mol. The number of hydrogen-bond acceptors (Lipinski definition) is 3. The second kappa shape index (κ2) is 8.17. The van der Waals surface area contributed by atoms with Gasteiger partial charge in [-0.3, -0.25) is 0 Å². The van der Waals surface area contributed by atoms with Crippen LogP contribution in [0.4, 0.5) is 0 Å². The Morgan fingerprint density at radius 1 is 1.08 bits per heavy atom. The van der Waals surface area contributed by atoms with Gasteiger partial charge >= 0.3 is 0 Å². The summed E-state index contributed by atoms with van der Waals surface area (Å²) in [5, 5.41) is 3.59. The molecule has 0 unspecified atom stereocenters. The number of hydrogen-bond donors (Lipinski definition) is 1. The predicted octanol–water partition coefficient (Wildman–Crippen LogP) is 3.38. The summed E-state index contributed by atoms with van der Waals surface area (Å²) < 4.78 is 27.2. The summed E-state index contributed by atoms with van der Waals surface area (Å²) in [6.07, 6.45) is 4.53. The van der Waals surface area contributed by atoms with Crippen LogP contribution < -0.4 is 5.32 Å². The lowest BCUT2D eigenvalue weighted by atomic mass is 10.0. The van der Waals surface area contributed by atoms with E-state index in [1.807, 2.05) is 12.1 Å². The minimum absolute atomic E-state index is 0. The molecule has 1 aromatic carbocycles. The number of benzene rings is 1. The first kappa shape index (κ1) is 19.7. The lowest BCUT2D eigenvalue weighted by Crippen LogP contribution is -2.45. The molecule has 2 aliphatic rings. The Morgan fingerprint density at radius 2 is 1.67 bits per heavy atom. The molecule has 1 aliphatic heterocycles. The maximum absolute atomic E-state index is 12.8. The monoisotopic (exact) mass is 372 g/mol. The molecule has 0 aromatic heterocycles. The van der Waals surface area contributed by atoms with E-state index in [0.29, 0.717) is 29.9 Å². The summed E-state index contributed by atoms with van der Waals surface area (Å²) in [5.41, 5.74) is 1.17. The van der Waals surface area contributed by atoms with Gasteiger partial charge in [-0.05, 0) is 61.8 Å². The lowest BCUT2D eigenvalue weighted by Gasteiger charge is -2.31. The standard InChI is InChI=1S/C18H28N2O2S.ClH/c1-14(2)16-5-7-18(8-6-16)23(21,22)20-11-9-17(10-12-20)19-13-15-3-4-15;/h5-8,14-15,17,19H,3-4,9-13H2,1-2H3;1H. The van der Waals surface area contributed by atoms with Crippen LogP contribution >= 0.6 is 12.4 Å². The molecule has 136 valence electrons. The Kier molecular flexibility index (Phi) is 6.71. The largest absolute Gasteiger partial charge is 0.314 e. The molecule has 2 fully saturated rings. The van der Waals surface area contributed by atoms with Gasteiger partial charge in [-0.15, -0.1) is 12.4 Å². The number of nitrogens with zero attached hydrogens (tertiary/aromatic N) is 1. The maximum Gasteiger partial charge on any atom is 0.243 e. The van der Waals surface area contributed by atoms with E-state index in [0.717, 1.165) is 25.3 Å². The van der Waals surface area contributed by atoms with Crippen molar-refractivity contribution in [2.45, 2.75) is 56.4 Å². The smallest absolute Gasteiger partial charge is 0.243 e. The molecule has 0 spiro atoms. The van der Waals surface area contributed by atoms with Crippen molar-refractivity contribution in [1.29, 1.82) is 0 Å². The molecular formula is C18H29ClN2O2S. The Labute approximate surface area is 152 Å². The van der Waals surface area contributed by atoms with Gasteiger partial charge in [0.25, 0.3) is 0 Å². The van der Waals surface area contributed by atoms with Gasteiger partial charge in [0.1, 0.15) is 0 Å². The van der Waals surface area contributed by atoms with E-state index >= 15 is 0 Å². The van der Waals surface area contributed by atoms with Gasteiger partial charge in [-0.2, -0.15) is 4.31 Å². The fraction of sp³-hybridized carbons (Fsp3) is 0.667. The molecule has 6 heteroatoms. The van der Waals surface area contributed by atoms with Crippen molar-refractivity contribution in [2.75, 3.05) is 19.6 Å². The Balaban J connectivity index is 0.00000208. The van der Waals surface area contributed by atoms with E-state index in [9.17, 15) is 8.42 Å². The highest BCUT2D eigenvalue weighted by Gasteiger charge is 2.30. The minimum Gasteiger partial charge on any atom is -0.314 e. The summed E-state index contributed by atoms with van der Waals surface area (Å²) in [6.45, 7) is 6.58. The first-order chi connectivity index (χ1) is 11.0.